The highest BCUT2D eigenvalue weighted by molar-refractivity contribution is 7.98. The largest absolute Gasteiger partial charge is 0.495 e. The fourth-order valence-electron chi connectivity index (χ4n) is 3.74. The highest BCUT2D eigenvalue weighted by atomic mass is 32.2. The molecule has 1 aliphatic rings. The average Bonchev–Trinajstić information content (AvgIpc) is 2.87. The molecule has 0 aliphatic carbocycles. The number of rotatable bonds is 6. The SMILES string of the molecule is [C-]#[N+]c1c(SC)nc(-c2ccc(OC)c(S(N)(=O)=O)c2)nc1N1CCN(c2ccccn2)CC1. The molecule has 3 heterocycles. The fraction of sp³-hybridized carbons (Fsp3) is 0.273. The van der Waals surface area contributed by atoms with Gasteiger partial charge in [-0.15, -0.1) is 11.8 Å². The third-order valence-corrected chi connectivity index (χ3v) is 7.02. The van der Waals surface area contributed by atoms with Crippen LogP contribution in [0.3, 0.4) is 0 Å². The summed E-state index contributed by atoms with van der Waals surface area (Å²) in [5.74, 6) is 1.89. The molecule has 4 rings (SSSR count). The van der Waals surface area contributed by atoms with E-state index in [4.69, 9.17) is 21.4 Å². The van der Waals surface area contributed by atoms with Crippen LogP contribution in [0.15, 0.2) is 52.5 Å². The van der Waals surface area contributed by atoms with Gasteiger partial charge < -0.3 is 14.5 Å². The minimum atomic E-state index is -4.02. The van der Waals surface area contributed by atoms with Crippen LogP contribution in [0.1, 0.15) is 0 Å². The minimum absolute atomic E-state index is 0.139. The van der Waals surface area contributed by atoms with Crippen LogP contribution in [0.5, 0.6) is 5.75 Å². The number of sulfonamides is 1. The third-order valence-electron chi connectivity index (χ3n) is 5.42. The van der Waals surface area contributed by atoms with Gasteiger partial charge >= 0.3 is 0 Å². The lowest BCUT2D eigenvalue weighted by atomic mass is 10.2. The highest BCUT2D eigenvalue weighted by Crippen LogP contribution is 2.38. The fourth-order valence-corrected chi connectivity index (χ4v) is 4.97. The van der Waals surface area contributed by atoms with Gasteiger partial charge in [-0.1, -0.05) is 6.07 Å². The topological polar surface area (TPSA) is 119 Å². The number of pyridine rings is 1. The van der Waals surface area contributed by atoms with Crippen molar-refractivity contribution in [3.05, 3.63) is 54.0 Å². The number of hydrogen-bond acceptors (Lipinski definition) is 9. The van der Waals surface area contributed by atoms with Crippen molar-refractivity contribution in [2.24, 2.45) is 5.14 Å². The first-order valence-corrected chi connectivity index (χ1v) is 13.1. The minimum Gasteiger partial charge on any atom is -0.495 e. The number of ether oxygens (including phenoxy) is 1. The van der Waals surface area contributed by atoms with E-state index >= 15 is 0 Å². The standard InChI is InChI=1S/C22H23N7O3S2/c1-24-19-21(29-12-10-28(11-13-29)18-6-4-5-9-25-18)26-20(27-22(19)33-3)15-7-8-16(32-2)17(14-15)34(23,30)31/h4-9,14H,10-13H2,2-3H3,(H2,23,30,31). The maximum Gasteiger partial charge on any atom is 0.259 e. The van der Waals surface area contributed by atoms with Crippen molar-refractivity contribution in [3.8, 4) is 17.1 Å². The van der Waals surface area contributed by atoms with Gasteiger partial charge in [0.25, 0.3) is 5.69 Å². The van der Waals surface area contributed by atoms with Gasteiger partial charge in [0.05, 0.1) is 13.7 Å². The molecule has 1 aliphatic heterocycles. The van der Waals surface area contributed by atoms with E-state index in [0.717, 1.165) is 18.9 Å². The zero-order valence-electron chi connectivity index (χ0n) is 18.7. The lowest BCUT2D eigenvalue weighted by Gasteiger charge is -2.36. The number of nitrogens with two attached hydrogens (primary N) is 1. The van der Waals surface area contributed by atoms with Crippen LogP contribution >= 0.6 is 11.8 Å². The van der Waals surface area contributed by atoms with Crippen LogP contribution in [0.25, 0.3) is 16.2 Å². The Morgan fingerprint density at radius 2 is 1.85 bits per heavy atom. The summed E-state index contributed by atoms with van der Waals surface area (Å²) in [5.41, 5.74) is 0.841. The maximum atomic E-state index is 12.1. The van der Waals surface area contributed by atoms with Gasteiger partial charge in [-0.2, -0.15) is 0 Å². The summed E-state index contributed by atoms with van der Waals surface area (Å²) in [6.45, 7) is 10.5. The third kappa shape index (κ3) is 4.77. The molecule has 1 aromatic carbocycles. The van der Waals surface area contributed by atoms with Crippen molar-refractivity contribution in [2.45, 2.75) is 9.92 Å². The molecule has 1 saturated heterocycles. The van der Waals surface area contributed by atoms with Crippen LogP contribution in [0.4, 0.5) is 17.3 Å². The predicted molar refractivity (Wildman–Crippen MR) is 132 cm³/mol. The number of benzene rings is 1. The first-order chi connectivity index (χ1) is 16.4. The summed E-state index contributed by atoms with van der Waals surface area (Å²) in [7, 11) is -2.65. The molecule has 0 atom stereocenters. The Morgan fingerprint density at radius 3 is 2.44 bits per heavy atom. The van der Waals surface area contributed by atoms with Crippen molar-refractivity contribution in [2.75, 3.05) is 49.3 Å². The molecule has 12 heteroatoms. The van der Waals surface area contributed by atoms with Gasteiger partial charge in [0, 0.05) is 37.9 Å². The Hall–Kier alpha value is -3.40. The van der Waals surface area contributed by atoms with Crippen LogP contribution in [-0.2, 0) is 10.0 Å². The quantitative estimate of drug-likeness (QED) is 0.311. The Morgan fingerprint density at radius 1 is 1.12 bits per heavy atom. The molecule has 0 amide bonds. The molecule has 0 unspecified atom stereocenters. The average molecular weight is 498 g/mol. The summed E-state index contributed by atoms with van der Waals surface area (Å²) in [5, 5.41) is 5.90. The van der Waals surface area contributed by atoms with Gasteiger partial charge in [0.1, 0.15) is 27.3 Å². The van der Waals surface area contributed by atoms with Crippen LogP contribution in [0.2, 0.25) is 0 Å². The van der Waals surface area contributed by atoms with E-state index in [2.05, 4.69) is 24.6 Å². The van der Waals surface area contributed by atoms with Gasteiger partial charge in [0.2, 0.25) is 10.0 Å². The van der Waals surface area contributed by atoms with Crippen LogP contribution in [0, 0.1) is 6.57 Å². The molecule has 2 aromatic heterocycles. The van der Waals surface area contributed by atoms with Crippen LogP contribution in [-0.4, -0.2) is 62.9 Å². The number of anilines is 2. The maximum absolute atomic E-state index is 12.1. The van der Waals surface area contributed by atoms with E-state index in [1.165, 1.54) is 31.0 Å². The van der Waals surface area contributed by atoms with Crippen molar-refractivity contribution >= 4 is 39.1 Å². The first kappa shape index (κ1) is 23.7. The molecule has 176 valence electrons. The molecule has 34 heavy (non-hydrogen) atoms. The van der Waals surface area contributed by atoms with Crippen LogP contribution < -0.4 is 19.7 Å². The number of thioether (sulfide) groups is 1. The second kappa shape index (κ2) is 9.84. The second-order valence-electron chi connectivity index (χ2n) is 7.41. The number of piperazine rings is 1. The Kier molecular flexibility index (Phi) is 6.87. The molecule has 2 N–H and O–H groups in total. The van der Waals surface area contributed by atoms with Gasteiger partial charge in [0.15, 0.2) is 5.82 Å². The summed E-state index contributed by atoms with van der Waals surface area (Å²) in [6, 6.07) is 10.4. The van der Waals surface area contributed by atoms with E-state index < -0.39 is 10.0 Å². The van der Waals surface area contributed by atoms with E-state index in [-0.39, 0.29) is 10.6 Å². The van der Waals surface area contributed by atoms with E-state index in [9.17, 15) is 8.42 Å². The van der Waals surface area contributed by atoms with Crippen molar-refractivity contribution in [1.82, 2.24) is 15.0 Å². The molecule has 0 bridgehead atoms. The summed E-state index contributed by atoms with van der Waals surface area (Å²) < 4.78 is 29.3. The first-order valence-electron chi connectivity index (χ1n) is 10.3. The highest BCUT2D eigenvalue weighted by Gasteiger charge is 2.25. The number of hydrogen-bond donors (Lipinski definition) is 1. The predicted octanol–water partition coefficient (Wildman–Crippen LogP) is 2.79. The molecule has 1 fully saturated rings. The Bertz CT molecular complexity index is 1340. The molecular formula is C22H23N7O3S2. The van der Waals surface area contributed by atoms with Gasteiger partial charge in [-0.05, 0) is 36.6 Å². The van der Waals surface area contributed by atoms with Crippen molar-refractivity contribution in [1.29, 1.82) is 0 Å². The van der Waals surface area contributed by atoms with E-state index in [0.29, 0.717) is 41.0 Å². The molecule has 0 saturated carbocycles. The van der Waals surface area contributed by atoms with E-state index in [1.807, 2.05) is 24.5 Å². The molecular weight excluding hydrogens is 474 g/mol. The summed E-state index contributed by atoms with van der Waals surface area (Å²) in [4.78, 5) is 21.5. The monoisotopic (exact) mass is 497 g/mol. The smallest absolute Gasteiger partial charge is 0.259 e. The van der Waals surface area contributed by atoms with Gasteiger partial charge in [-0.3, -0.25) is 0 Å². The lowest BCUT2D eigenvalue weighted by molar-refractivity contribution is 0.403. The zero-order chi connectivity index (χ0) is 24.3. The summed E-state index contributed by atoms with van der Waals surface area (Å²) in [6.07, 6.45) is 3.61. The molecule has 3 aromatic rings. The van der Waals surface area contributed by atoms with Crippen molar-refractivity contribution in [3.63, 3.8) is 0 Å². The number of methoxy groups -OCH3 is 1. The normalized spacial score (nSPS) is 14.1. The second-order valence-corrected chi connectivity index (χ2v) is 9.74. The summed E-state index contributed by atoms with van der Waals surface area (Å²) >= 11 is 1.34. The number of aromatic nitrogens is 3. The molecule has 0 spiro atoms. The Balaban J connectivity index is 1.72. The molecule has 0 radical (unpaired) electrons. The Labute approximate surface area is 202 Å². The number of primary sulfonamides is 1. The number of nitrogens with zero attached hydrogens (tertiary/aromatic N) is 6. The van der Waals surface area contributed by atoms with Gasteiger partial charge in [-0.25, -0.2) is 33.4 Å². The lowest BCUT2D eigenvalue weighted by Crippen LogP contribution is -2.47. The zero-order valence-corrected chi connectivity index (χ0v) is 20.3. The van der Waals surface area contributed by atoms with E-state index in [1.54, 1.807) is 12.3 Å². The van der Waals surface area contributed by atoms with Crippen molar-refractivity contribution < 1.29 is 13.2 Å². The molecule has 10 nitrogen and oxygen atoms in total.